The molecule has 2 atom stereocenters. The summed E-state index contributed by atoms with van der Waals surface area (Å²) in [6, 6.07) is 0. The van der Waals surface area contributed by atoms with Gasteiger partial charge in [-0.25, -0.2) is 8.42 Å². The first-order valence-corrected chi connectivity index (χ1v) is 10.3. The lowest BCUT2D eigenvalue weighted by Crippen LogP contribution is -2.41. The van der Waals surface area contributed by atoms with Crippen LogP contribution in [0, 0.1) is 11.8 Å². The molecule has 0 spiro atoms. The number of hydrogen-bond acceptors (Lipinski definition) is 3. The van der Waals surface area contributed by atoms with Gasteiger partial charge in [0.25, 0.3) is 0 Å². The van der Waals surface area contributed by atoms with Crippen molar-refractivity contribution in [3.8, 4) is 0 Å². The Balaban J connectivity index is 2.61. The number of nitrogens with one attached hydrogen (secondary N) is 1. The minimum atomic E-state index is -2.90. The highest BCUT2D eigenvalue weighted by Crippen LogP contribution is 2.31. The van der Waals surface area contributed by atoms with Crippen LogP contribution in [0.1, 0.15) is 73.1 Å². The highest BCUT2D eigenvalue weighted by Gasteiger charge is 2.27. The first-order valence-electron chi connectivity index (χ1n) is 8.58. The van der Waals surface area contributed by atoms with Crippen molar-refractivity contribution in [2.45, 2.75) is 83.9 Å². The topological polar surface area (TPSA) is 46.2 Å². The molecule has 0 amide bonds. The van der Waals surface area contributed by atoms with Gasteiger partial charge in [0, 0.05) is 5.54 Å². The van der Waals surface area contributed by atoms with Crippen LogP contribution in [0.25, 0.3) is 0 Å². The van der Waals surface area contributed by atoms with Crippen molar-refractivity contribution in [3.05, 3.63) is 0 Å². The molecular formula is C17H35NO2S. The molecule has 0 radical (unpaired) electrons. The Labute approximate surface area is 132 Å². The van der Waals surface area contributed by atoms with Gasteiger partial charge >= 0.3 is 0 Å². The SMILES string of the molecule is CC(C)S(=O)(=O)CCC1CCCCCC1CNC(C)(C)C. The molecule has 1 fully saturated rings. The first kappa shape index (κ1) is 19.0. The van der Waals surface area contributed by atoms with E-state index in [1.54, 1.807) is 13.8 Å². The van der Waals surface area contributed by atoms with Crippen LogP contribution in [0.15, 0.2) is 0 Å². The minimum absolute atomic E-state index is 0.140. The second-order valence-corrected chi connectivity index (χ2v) is 10.7. The quantitative estimate of drug-likeness (QED) is 0.758. The second-order valence-electron chi connectivity index (χ2n) is 7.99. The Bertz CT molecular complexity index is 396. The fraction of sp³-hybridized carbons (Fsp3) is 1.00. The van der Waals surface area contributed by atoms with Gasteiger partial charge in [-0.1, -0.05) is 25.7 Å². The Morgan fingerprint density at radius 2 is 1.62 bits per heavy atom. The molecule has 126 valence electrons. The molecule has 1 aliphatic carbocycles. The van der Waals surface area contributed by atoms with Gasteiger partial charge in [-0.3, -0.25) is 0 Å². The zero-order valence-electron chi connectivity index (χ0n) is 14.6. The van der Waals surface area contributed by atoms with Crippen molar-refractivity contribution in [1.29, 1.82) is 0 Å². The zero-order chi connectivity index (χ0) is 16.1. The summed E-state index contributed by atoms with van der Waals surface area (Å²) in [5.74, 6) is 1.56. The van der Waals surface area contributed by atoms with Crippen molar-refractivity contribution in [2.75, 3.05) is 12.3 Å². The van der Waals surface area contributed by atoms with Gasteiger partial charge in [0.05, 0.1) is 11.0 Å². The van der Waals surface area contributed by atoms with Gasteiger partial charge in [0.2, 0.25) is 0 Å². The van der Waals surface area contributed by atoms with Gasteiger partial charge in [0.15, 0.2) is 9.84 Å². The molecule has 4 heteroatoms. The van der Waals surface area contributed by atoms with Gasteiger partial charge in [0.1, 0.15) is 0 Å². The summed E-state index contributed by atoms with van der Waals surface area (Å²) < 4.78 is 24.1. The minimum Gasteiger partial charge on any atom is -0.312 e. The van der Waals surface area contributed by atoms with Crippen LogP contribution < -0.4 is 5.32 Å². The zero-order valence-corrected chi connectivity index (χ0v) is 15.4. The average molecular weight is 318 g/mol. The maximum atomic E-state index is 12.1. The summed E-state index contributed by atoms with van der Waals surface area (Å²) in [5.41, 5.74) is 0.140. The van der Waals surface area contributed by atoms with E-state index in [9.17, 15) is 8.42 Å². The normalized spacial score (nSPS) is 25.0. The summed E-state index contributed by atoms with van der Waals surface area (Å²) >= 11 is 0. The summed E-state index contributed by atoms with van der Waals surface area (Å²) in [6.07, 6.45) is 7.15. The van der Waals surface area contributed by atoms with E-state index < -0.39 is 9.84 Å². The van der Waals surface area contributed by atoms with Gasteiger partial charge in [-0.05, 0) is 65.8 Å². The van der Waals surface area contributed by atoms with E-state index in [4.69, 9.17) is 0 Å². The molecule has 1 rings (SSSR count). The number of sulfone groups is 1. The Hall–Kier alpha value is -0.0900. The predicted octanol–water partition coefficient (Wildman–Crippen LogP) is 3.78. The van der Waals surface area contributed by atoms with Crippen LogP contribution in [0.5, 0.6) is 0 Å². The summed E-state index contributed by atoms with van der Waals surface area (Å²) in [4.78, 5) is 0. The molecule has 0 bridgehead atoms. The molecule has 0 aromatic carbocycles. The molecule has 1 saturated carbocycles. The van der Waals surface area contributed by atoms with E-state index in [0.717, 1.165) is 13.0 Å². The molecular weight excluding hydrogens is 282 g/mol. The van der Waals surface area contributed by atoms with Crippen LogP contribution >= 0.6 is 0 Å². The molecule has 0 saturated heterocycles. The van der Waals surface area contributed by atoms with Crippen LogP contribution in [0.4, 0.5) is 0 Å². The monoisotopic (exact) mass is 317 g/mol. The molecule has 0 aliphatic heterocycles. The van der Waals surface area contributed by atoms with Crippen LogP contribution in [-0.4, -0.2) is 31.5 Å². The fourth-order valence-corrected chi connectivity index (χ4v) is 4.20. The average Bonchev–Trinajstić information content (AvgIpc) is 2.58. The number of rotatable bonds is 6. The molecule has 1 N–H and O–H groups in total. The molecule has 1 aliphatic rings. The first-order chi connectivity index (χ1) is 9.62. The van der Waals surface area contributed by atoms with Crippen molar-refractivity contribution in [1.82, 2.24) is 5.32 Å². The van der Waals surface area contributed by atoms with E-state index in [1.165, 1.54) is 32.1 Å². The summed E-state index contributed by atoms with van der Waals surface area (Å²) in [5, 5.41) is 3.38. The second kappa shape index (κ2) is 7.96. The van der Waals surface area contributed by atoms with Gasteiger partial charge in [-0.2, -0.15) is 0 Å². The molecule has 21 heavy (non-hydrogen) atoms. The highest BCUT2D eigenvalue weighted by molar-refractivity contribution is 7.91. The summed E-state index contributed by atoms with van der Waals surface area (Å²) in [6.45, 7) is 11.2. The highest BCUT2D eigenvalue weighted by atomic mass is 32.2. The van der Waals surface area contributed by atoms with Gasteiger partial charge in [-0.15, -0.1) is 0 Å². The largest absolute Gasteiger partial charge is 0.312 e. The van der Waals surface area contributed by atoms with Crippen LogP contribution in [0.3, 0.4) is 0 Å². The lowest BCUT2D eigenvalue weighted by Gasteiger charge is -2.30. The van der Waals surface area contributed by atoms with Crippen LogP contribution in [0.2, 0.25) is 0 Å². The van der Waals surface area contributed by atoms with Crippen LogP contribution in [-0.2, 0) is 9.84 Å². The van der Waals surface area contributed by atoms with Crippen molar-refractivity contribution in [2.24, 2.45) is 11.8 Å². The van der Waals surface area contributed by atoms with E-state index in [0.29, 0.717) is 17.6 Å². The maximum Gasteiger partial charge on any atom is 0.152 e. The Morgan fingerprint density at radius 1 is 1.05 bits per heavy atom. The smallest absolute Gasteiger partial charge is 0.152 e. The van der Waals surface area contributed by atoms with E-state index in [1.807, 2.05) is 0 Å². The third kappa shape index (κ3) is 7.14. The van der Waals surface area contributed by atoms with Crippen molar-refractivity contribution in [3.63, 3.8) is 0 Å². The van der Waals surface area contributed by atoms with E-state index in [-0.39, 0.29) is 10.8 Å². The van der Waals surface area contributed by atoms with E-state index in [2.05, 4.69) is 26.1 Å². The Morgan fingerprint density at radius 3 is 2.14 bits per heavy atom. The van der Waals surface area contributed by atoms with Gasteiger partial charge < -0.3 is 5.32 Å². The molecule has 0 aromatic heterocycles. The Kier molecular flexibility index (Phi) is 7.18. The third-order valence-electron chi connectivity index (χ3n) is 4.70. The van der Waals surface area contributed by atoms with E-state index >= 15 is 0 Å². The molecule has 0 heterocycles. The van der Waals surface area contributed by atoms with Crippen molar-refractivity contribution >= 4 is 9.84 Å². The molecule has 3 nitrogen and oxygen atoms in total. The van der Waals surface area contributed by atoms with Crippen molar-refractivity contribution < 1.29 is 8.42 Å². The number of hydrogen-bond donors (Lipinski definition) is 1. The predicted molar refractivity (Wildman–Crippen MR) is 91.4 cm³/mol. The maximum absolute atomic E-state index is 12.1. The molecule has 2 unspecified atom stereocenters. The lowest BCUT2D eigenvalue weighted by molar-refractivity contribution is 0.265. The fourth-order valence-electron chi connectivity index (χ4n) is 3.10. The molecule has 0 aromatic rings. The lowest BCUT2D eigenvalue weighted by atomic mass is 9.85. The third-order valence-corrected chi connectivity index (χ3v) is 6.94. The standard InChI is InChI=1S/C17H35NO2S/c1-14(2)21(19,20)12-11-15-9-7-6-8-10-16(15)13-18-17(3,4)5/h14-16,18H,6-13H2,1-5H3. The summed E-state index contributed by atoms with van der Waals surface area (Å²) in [7, 11) is -2.90.